The fourth-order valence-corrected chi connectivity index (χ4v) is 1.77. The highest BCUT2D eigenvalue weighted by atomic mass is 19.2. The van der Waals surface area contributed by atoms with E-state index >= 15 is 0 Å². The lowest BCUT2D eigenvalue weighted by molar-refractivity contribution is 0.102. The van der Waals surface area contributed by atoms with Crippen LogP contribution >= 0.6 is 0 Å². The van der Waals surface area contributed by atoms with Crippen molar-refractivity contribution in [3.63, 3.8) is 0 Å². The number of aryl methyl sites for hydroxylation is 1. The highest BCUT2D eigenvalue weighted by molar-refractivity contribution is 6.08. The van der Waals surface area contributed by atoms with E-state index in [0.717, 1.165) is 17.7 Å². The van der Waals surface area contributed by atoms with Crippen molar-refractivity contribution in [2.24, 2.45) is 0 Å². The van der Waals surface area contributed by atoms with Crippen molar-refractivity contribution in [2.45, 2.75) is 6.92 Å². The Kier molecular flexibility index (Phi) is 3.85. The first kappa shape index (κ1) is 14.5. The van der Waals surface area contributed by atoms with Gasteiger partial charge in [0.2, 0.25) is 0 Å². The molecular formula is C15H11F2N3O. The Morgan fingerprint density at radius 3 is 2.57 bits per heavy atom. The van der Waals surface area contributed by atoms with Gasteiger partial charge in [-0.05, 0) is 30.7 Å². The zero-order valence-electron chi connectivity index (χ0n) is 11.1. The van der Waals surface area contributed by atoms with Gasteiger partial charge in [0.25, 0.3) is 5.91 Å². The number of hydrogen-bond acceptors (Lipinski definition) is 3. The minimum absolute atomic E-state index is 0.166. The van der Waals surface area contributed by atoms with Crippen LogP contribution < -0.4 is 11.1 Å². The van der Waals surface area contributed by atoms with Crippen molar-refractivity contribution in [1.82, 2.24) is 0 Å². The molecule has 0 aliphatic carbocycles. The summed E-state index contributed by atoms with van der Waals surface area (Å²) >= 11 is 0. The molecule has 0 bridgehead atoms. The summed E-state index contributed by atoms with van der Waals surface area (Å²) in [6.07, 6.45) is 0. The van der Waals surface area contributed by atoms with E-state index in [0.29, 0.717) is 11.3 Å². The molecule has 0 unspecified atom stereocenters. The smallest absolute Gasteiger partial charge is 0.257 e. The maximum atomic E-state index is 13.2. The zero-order valence-corrected chi connectivity index (χ0v) is 11.1. The summed E-state index contributed by atoms with van der Waals surface area (Å²) in [6.45, 7) is 1.74. The predicted molar refractivity (Wildman–Crippen MR) is 74.6 cm³/mol. The number of rotatable bonds is 2. The number of anilines is 2. The molecule has 0 saturated carbocycles. The maximum Gasteiger partial charge on any atom is 0.257 e. The summed E-state index contributed by atoms with van der Waals surface area (Å²) in [5.74, 6) is -2.95. The normalized spacial score (nSPS) is 10.0. The van der Waals surface area contributed by atoms with Gasteiger partial charge < -0.3 is 11.1 Å². The van der Waals surface area contributed by atoms with Gasteiger partial charge >= 0.3 is 0 Å². The molecule has 21 heavy (non-hydrogen) atoms. The third-order valence-corrected chi connectivity index (χ3v) is 2.95. The molecule has 0 heterocycles. The average molecular weight is 287 g/mol. The fourth-order valence-electron chi connectivity index (χ4n) is 1.77. The minimum Gasteiger partial charge on any atom is -0.398 e. The second-order valence-electron chi connectivity index (χ2n) is 4.45. The van der Waals surface area contributed by atoms with Crippen LogP contribution in [0.5, 0.6) is 0 Å². The molecule has 0 spiro atoms. The molecule has 106 valence electrons. The third kappa shape index (κ3) is 2.98. The number of nitriles is 1. The highest BCUT2D eigenvalue weighted by Crippen LogP contribution is 2.21. The largest absolute Gasteiger partial charge is 0.398 e. The van der Waals surface area contributed by atoms with Crippen LogP contribution in [0, 0.1) is 29.9 Å². The lowest BCUT2D eigenvalue weighted by Crippen LogP contribution is -2.15. The van der Waals surface area contributed by atoms with E-state index in [1.807, 2.05) is 6.07 Å². The van der Waals surface area contributed by atoms with Gasteiger partial charge in [0.05, 0.1) is 17.2 Å². The topological polar surface area (TPSA) is 78.9 Å². The molecule has 6 heteroatoms. The Bertz CT molecular complexity index is 766. The van der Waals surface area contributed by atoms with Gasteiger partial charge in [-0.2, -0.15) is 5.26 Å². The van der Waals surface area contributed by atoms with E-state index < -0.39 is 17.5 Å². The Balaban J connectivity index is 2.35. The molecule has 0 aliphatic heterocycles. The molecule has 0 fully saturated rings. The monoisotopic (exact) mass is 287 g/mol. The molecule has 0 saturated heterocycles. The van der Waals surface area contributed by atoms with Gasteiger partial charge in [-0.15, -0.1) is 0 Å². The Morgan fingerprint density at radius 2 is 1.90 bits per heavy atom. The van der Waals surface area contributed by atoms with Crippen LogP contribution in [0.25, 0.3) is 0 Å². The van der Waals surface area contributed by atoms with Gasteiger partial charge in [-0.3, -0.25) is 4.79 Å². The van der Waals surface area contributed by atoms with Crippen LogP contribution in [-0.4, -0.2) is 5.91 Å². The van der Waals surface area contributed by atoms with Gasteiger partial charge in [-0.25, -0.2) is 8.78 Å². The quantitative estimate of drug-likeness (QED) is 0.833. The van der Waals surface area contributed by atoms with Crippen LogP contribution in [0.15, 0.2) is 30.3 Å². The second kappa shape index (κ2) is 5.59. The van der Waals surface area contributed by atoms with Gasteiger partial charge in [0.15, 0.2) is 11.6 Å². The van der Waals surface area contributed by atoms with Crippen LogP contribution in [0.1, 0.15) is 21.5 Å². The Hall–Kier alpha value is -2.94. The molecule has 3 N–H and O–H groups in total. The number of nitrogens with one attached hydrogen (secondary N) is 1. The number of halogens is 2. The average Bonchev–Trinajstić information content (AvgIpc) is 2.45. The number of amides is 1. The lowest BCUT2D eigenvalue weighted by Gasteiger charge is -2.10. The Morgan fingerprint density at radius 1 is 1.24 bits per heavy atom. The predicted octanol–water partition coefficient (Wildman–Crippen LogP) is 2.98. The molecule has 2 rings (SSSR count). The number of carbonyl (C=O) groups is 1. The molecule has 4 nitrogen and oxygen atoms in total. The first-order chi connectivity index (χ1) is 9.92. The summed E-state index contributed by atoms with van der Waals surface area (Å²) in [5, 5.41) is 11.4. The van der Waals surface area contributed by atoms with E-state index in [1.165, 1.54) is 6.07 Å². The summed E-state index contributed by atoms with van der Waals surface area (Å²) in [4.78, 5) is 12.1. The summed E-state index contributed by atoms with van der Waals surface area (Å²) in [7, 11) is 0. The van der Waals surface area contributed by atoms with E-state index in [4.69, 9.17) is 11.0 Å². The molecule has 2 aromatic carbocycles. The fraction of sp³-hybridized carbons (Fsp3) is 0.0667. The van der Waals surface area contributed by atoms with Crippen molar-refractivity contribution in [2.75, 3.05) is 11.1 Å². The standard InChI is InChI=1S/C15H11F2N3O/c1-8-2-3-9(7-18)4-14(8)20-15(21)10-5-11(16)12(17)6-13(10)19/h2-6H,19H2,1H3,(H,20,21). The summed E-state index contributed by atoms with van der Waals surface area (Å²) in [6, 6.07) is 8.21. The van der Waals surface area contributed by atoms with Crippen LogP contribution in [0.4, 0.5) is 20.2 Å². The van der Waals surface area contributed by atoms with Gasteiger partial charge in [0.1, 0.15) is 0 Å². The van der Waals surface area contributed by atoms with Crippen LogP contribution in [-0.2, 0) is 0 Å². The number of hydrogen-bond donors (Lipinski definition) is 2. The second-order valence-corrected chi connectivity index (χ2v) is 4.45. The van der Waals surface area contributed by atoms with Gasteiger partial charge in [-0.1, -0.05) is 6.07 Å². The Labute approximate surface area is 119 Å². The van der Waals surface area contributed by atoms with Gasteiger partial charge in [0, 0.05) is 17.4 Å². The SMILES string of the molecule is Cc1ccc(C#N)cc1NC(=O)c1cc(F)c(F)cc1N. The zero-order chi connectivity index (χ0) is 15.6. The van der Waals surface area contributed by atoms with Crippen LogP contribution in [0.3, 0.4) is 0 Å². The molecule has 0 radical (unpaired) electrons. The van der Waals surface area contributed by atoms with Crippen molar-refractivity contribution in [3.8, 4) is 6.07 Å². The first-order valence-corrected chi connectivity index (χ1v) is 5.99. The molecule has 0 aliphatic rings. The molecule has 1 amide bonds. The number of carbonyl (C=O) groups excluding carboxylic acids is 1. The van der Waals surface area contributed by atoms with Crippen molar-refractivity contribution >= 4 is 17.3 Å². The summed E-state index contributed by atoms with van der Waals surface area (Å²) in [5.41, 5.74) is 6.68. The minimum atomic E-state index is -1.16. The first-order valence-electron chi connectivity index (χ1n) is 5.99. The maximum absolute atomic E-state index is 13.2. The van der Waals surface area contributed by atoms with Crippen molar-refractivity contribution in [3.05, 3.63) is 58.7 Å². The molecule has 0 atom stereocenters. The van der Waals surface area contributed by atoms with Crippen molar-refractivity contribution < 1.29 is 13.6 Å². The van der Waals surface area contributed by atoms with E-state index in [1.54, 1.807) is 19.1 Å². The molecule has 0 aromatic heterocycles. The van der Waals surface area contributed by atoms with E-state index in [9.17, 15) is 13.6 Å². The number of nitrogen functional groups attached to an aromatic ring is 1. The summed E-state index contributed by atoms with van der Waals surface area (Å²) < 4.78 is 26.2. The number of benzene rings is 2. The lowest BCUT2D eigenvalue weighted by atomic mass is 10.1. The third-order valence-electron chi connectivity index (χ3n) is 2.95. The van der Waals surface area contributed by atoms with E-state index in [2.05, 4.69) is 5.32 Å². The number of nitrogens with zero attached hydrogens (tertiary/aromatic N) is 1. The highest BCUT2D eigenvalue weighted by Gasteiger charge is 2.15. The number of nitrogens with two attached hydrogens (primary N) is 1. The molecule has 2 aromatic rings. The van der Waals surface area contributed by atoms with Crippen molar-refractivity contribution in [1.29, 1.82) is 5.26 Å². The molecular weight excluding hydrogens is 276 g/mol. The van der Waals surface area contributed by atoms with Crippen LogP contribution in [0.2, 0.25) is 0 Å². The van der Waals surface area contributed by atoms with E-state index in [-0.39, 0.29) is 11.3 Å².